The van der Waals surface area contributed by atoms with E-state index in [1.807, 2.05) is 0 Å². The number of aryl methyl sites for hydroxylation is 1. The van der Waals surface area contributed by atoms with Crippen LogP contribution in [0.1, 0.15) is 5.82 Å². The predicted molar refractivity (Wildman–Crippen MR) is 60.9 cm³/mol. The van der Waals surface area contributed by atoms with E-state index in [1.54, 1.807) is 32.2 Å². The van der Waals surface area contributed by atoms with Crippen LogP contribution >= 0.6 is 12.4 Å². The van der Waals surface area contributed by atoms with Crippen molar-refractivity contribution in [3.8, 4) is 5.75 Å². The molecule has 4 nitrogen and oxygen atoms in total. The molecule has 1 N–H and O–H groups in total. The van der Waals surface area contributed by atoms with Crippen molar-refractivity contribution < 1.29 is 4.74 Å². The summed E-state index contributed by atoms with van der Waals surface area (Å²) in [6.45, 7) is 1.74. The molecule has 0 atom stereocenters. The van der Waals surface area contributed by atoms with Gasteiger partial charge in [-0.1, -0.05) is 6.07 Å². The third-order valence-corrected chi connectivity index (χ3v) is 2.04. The Morgan fingerprint density at radius 2 is 2.13 bits per heavy atom. The van der Waals surface area contributed by atoms with Gasteiger partial charge in [-0.25, -0.2) is 4.98 Å². The fourth-order valence-corrected chi connectivity index (χ4v) is 1.41. The summed E-state index contributed by atoms with van der Waals surface area (Å²) in [5.41, 5.74) is 0.475. The van der Waals surface area contributed by atoms with E-state index in [0.29, 0.717) is 22.5 Å². The summed E-state index contributed by atoms with van der Waals surface area (Å²) in [7, 11) is 1.56. The lowest BCUT2D eigenvalue weighted by atomic mass is 10.2. The molecule has 1 heterocycles. The van der Waals surface area contributed by atoms with Gasteiger partial charge in [0.25, 0.3) is 5.56 Å². The van der Waals surface area contributed by atoms with Crippen LogP contribution < -0.4 is 10.3 Å². The molecule has 5 heteroatoms. The molecular formula is C10H11ClN2O2. The van der Waals surface area contributed by atoms with Gasteiger partial charge in [-0.2, -0.15) is 0 Å². The van der Waals surface area contributed by atoms with Crippen molar-refractivity contribution in [3.63, 3.8) is 0 Å². The summed E-state index contributed by atoms with van der Waals surface area (Å²) < 4.78 is 5.12. The zero-order valence-corrected chi connectivity index (χ0v) is 9.22. The maximum Gasteiger partial charge on any atom is 0.258 e. The number of ether oxygens (including phenoxy) is 1. The standard InChI is InChI=1S/C10H10N2O2.ClH/c1-6-11-9-7(10(13)12-6)4-3-5-8(9)14-2;/h3-5H,1-2H3,(H,11,12,13);1H. The summed E-state index contributed by atoms with van der Waals surface area (Å²) in [6, 6.07) is 5.28. The first-order chi connectivity index (χ1) is 6.72. The van der Waals surface area contributed by atoms with Gasteiger partial charge in [0.1, 0.15) is 17.1 Å². The first-order valence-corrected chi connectivity index (χ1v) is 4.26. The zero-order chi connectivity index (χ0) is 10.1. The second kappa shape index (κ2) is 4.31. The first kappa shape index (κ1) is 11.5. The molecule has 0 aliphatic rings. The highest BCUT2D eigenvalue weighted by Crippen LogP contribution is 2.20. The molecule has 15 heavy (non-hydrogen) atoms. The van der Waals surface area contributed by atoms with Crippen molar-refractivity contribution in [1.29, 1.82) is 0 Å². The molecular weight excluding hydrogens is 216 g/mol. The molecule has 0 radical (unpaired) electrons. The number of nitrogens with zero attached hydrogens (tertiary/aromatic N) is 1. The van der Waals surface area contributed by atoms with Gasteiger partial charge in [-0.3, -0.25) is 4.79 Å². The molecule has 0 amide bonds. The maximum absolute atomic E-state index is 11.5. The van der Waals surface area contributed by atoms with Crippen molar-refractivity contribution in [2.75, 3.05) is 7.11 Å². The summed E-state index contributed by atoms with van der Waals surface area (Å²) in [4.78, 5) is 18.4. The van der Waals surface area contributed by atoms with E-state index in [0.717, 1.165) is 0 Å². The number of methoxy groups -OCH3 is 1. The highest BCUT2D eigenvalue weighted by molar-refractivity contribution is 5.85. The molecule has 2 rings (SSSR count). The minimum Gasteiger partial charge on any atom is -0.494 e. The van der Waals surface area contributed by atoms with Crippen LogP contribution in [0, 0.1) is 6.92 Å². The van der Waals surface area contributed by atoms with Gasteiger partial charge >= 0.3 is 0 Å². The predicted octanol–water partition coefficient (Wildman–Crippen LogP) is 1.66. The molecule has 0 saturated heterocycles. The van der Waals surface area contributed by atoms with E-state index < -0.39 is 0 Å². The lowest BCUT2D eigenvalue weighted by molar-refractivity contribution is 0.418. The molecule has 0 bridgehead atoms. The van der Waals surface area contributed by atoms with Gasteiger partial charge in [-0.15, -0.1) is 12.4 Å². The lowest BCUT2D eigenvalue weighted by Crippen LogP contribution is -2.09. The van der Waals surface area contributed by atoms with Crippen LogP contribution in [0.2, 0.25) is 0 Å². The monoisotopic (exact) mass is 226 g/mol. The van der Waals surface area contributed by atoms with E-state index in [4.69, 9.17) is 4.74 Å². The number of hydrogen-bond donors (Lipinski definition) is 1. The van der Waals surface area contributed by atoms with Crippen LogP contribution in [0.3, 0.4) is 0 Å². The Hall–Kier alpha value is -1.55. The Balaban J connectivity index is 0.00000112. The van der Waals surface area contributed by atoms with Gasteiger partial charge in [-0.05, 0) is 19.1 Å². The highest BCUT2D eigenvalue weighted by Gasteiger charge is 2.05. The number of aromatic nitrogens is 2. The number of aromatic amines is 1. The fraction of sp³-hybridized carbons (Fsp3) is 0.200. The summed E-state index contributed by atoms with van der Waals surface area (Å²) >= 11 is 0. The Bertz CT molecular complexity index is 536. The number of benzene rings is 1. The van der Waals surface area contributed by atoms with Crippen molar-refractivity contribution in [2.45, 2.75) is 6.92 Å². The molecule has 0 aliphatic heterocycles. The van der Waals surface area contributed by atoms with Gasteiger partial charge in [0.05, 0.1) is 12.5 Å². The average Bonchev–Trinajstić information content (AvgIpc) is 2.17. The first-order valence-electron chi connectivity index (χ1n) is 4.26. The number of halogens is 1. The van der Waals surface area contributed by atoms with E-state index >= 15 is 0 Å². The van der Waals surface area contributed by atoms with Crippen LogP contribution in [0.4, 0.5) is 0 Å². The van der Waals surface area contributed by atoms with Crippen molar-refractivity contribution in [3.05, 3.63) is 34.4 Å². The minimum atomic E-state index is -0.133. The number of para-hydroxylation sites is 1. The Kier molecular flexibility index (Phi) is 3.31. The molecule has 1 aromatic heterocycles. The van der Waals surface area contributed by atoms with Crippen LogP contribution in [0.25, 0.3) is 10.9 Å². The second-order valence-corrected chi connectivity index (χ2v) is 3.01. The van der Waals surface area contributed by atoms with E-state index in [2.05, 4.69) is 9.97 Å². The zero-order valence-electron chi connectivity index (χ0n) is 8.40. The average molecular weight is 227 g/mol. The SMILES string of the molecule is COc1cccc2c(=O)[nH]c(C)nc12.Cl. The maximum atomic E-state index is 11.5. The smallest absolute Gasteiger partial charge is 0.258 e. The molecule has 0 fully saturated rings. The Morgan fingerprint density at radius 3 is 2.80 bits per heavy atom. The van der Waals surface area contributed by atoms with E-state index in [-0.39, 0.29) is 18.0 Å². The highest BCUT2D eigenvalue weighted by atomic mass is 35.5. The Labute approximate surface area is 92.7 Å². The van der Waals surface area contributed by atoms with Crippen molar-refractivity contribution in [2.24, 2.45) is 0 Å². The molecule has 1 aromatic carbocycles. The second-order valence-electron chi connectivity index (χ2n) is 3.01. The number of H-pyrrole nitrogens is 1. The fourth-order valence-electron chi connectivity index (χ4n) is 1.41. The van der Waals surface area contributed by atoms with Crippen molar-refractivity contribution in [1.82, 2.24) is 9.97 Å². The third-order valence-electron chi connectivity index (χ3n) is 2.04. The number of hydrogen-bond acceptors (Lipinski definition) is 3. The van der Waals surface area contributed by atoms with Crippen LogP contribution in [-0.4, -0.2) is 17.1 Å². The largest absolute Gasteiger partial charge is 0.494 e. The molecule has 80 valence electrons. The summed E-state index contributed by atoms with van der Waals surface area (Å²) in [6.07, 6.45) is 0. The van der Waals surface area contributed by atoms with Gasteiger partial charge in [0.2, 0.25) is 0 Å². The number of rotatable bonds is 1. The molecule has 0 saturated carbocycles. The number of nitrogens with one attached hydrogen (secondary N) is 1. The Morgan fingerprint density at radius 1 is 1.40 bits per heavy atom. The van der Waals surface area contributed by atoms with Crippen molar-refractivity contribution >= 4 is 23.3 Å². The molecule has 0 unspecified atom stereocenters. The van der Waals surface area contributed by atoms with Crippen LogP contribution in [-0.2, 0) is 0 Å². The van der Waals surface area contributed by atoms with Gasteiger partial charge < -0.3 is 9.72 Å². The lowest BCUT2D eigenvalue weighted by Gasteiger charge is -2.03. The summed E-state index contributed by atoms with van der Waals surface area (Å²) in [5.74, 6) is 1.21. The van der Waals surface area contributed by atoms with Crippen LogP contribution in [0.15, 0.2) is 23.0 Å². The third kappa shape index (κ3) is 1.94. The van der Waals surface area contributed by atoms with E-state index in [9.17, 15) is 4.79 Å². The topological polar surface area (TPSA) is 55.0 Å². The number of fused-ring (bicyclic) bond motifs is 1. The normalized spacial score (nSPS) is 9.73. The molecule has 0 spiro atoms. The minimum absolute atomic E-state index is 0. The van der Waals surface area contributed by atoms with Gasteiger partial charge in [0, 0.05) is 0 Å². The van der Waals surface area contributed by atoms with E-state index in [1.165, 1.54) is 0 Å². The van der Waals surface area contributed by atoms with Crippen LogP contribution in [0.5, 0.6) is 5.75 Å². The molecule has 0 aliphatic carbocycles. The van der Waals surface area contributed by atoms with Gasteiger partial charge in [0.15, 0.2) is 0 Å². The quantitative estimate of drug-likeness (QED) is 0.805. The molecule has 2 aromatic rings. The summed E-state index contributed by atoms with van der Waals surface area (Å²) in [5, 5.41) is 0.551.